The number of aliphatic hydroxyl groups is 1. The summed E-state index contributed by atoms with van der Waals surface area (Å²) < 4.78 is 34.7. The van der Waals surface area contributed by atoms with Gasteiger partial charge in [0.05, 0.1) is 36.1 Å². The number of nitrogens with one attached hydrogen (secondary N) is 1. The average molecular weight is 596 g/mol. The van der Waals surface area contributed by atoms with E-state index in [1.54, 1.807) is 21.8 Å². The van der Waals surface area contributed by atoms with Gasteiger partial charge in [-0.1, -0.05) is 30.3 Å². The highest BCUT2D eigenvalue weighted by Crippen LogP contribution is 2.31. The lowest BCUT2D eigenvalue weighted by Gasteiger charge is -2.25. The Balaban J connectivity index is 1.40. The fraction of sp³-hybridized carbons (Fsp3) is 0.387. The van der Waals surface area contributed by atoms with Crippen molar-refractivity contribution in [2.45, 2.75) is 31.9 Å². The second kappa shape index (κ2) is 13.6. The average Bonchev–Trinajstić information content (AvgIpc) is 3.57. The molecule has 2 amide bonds. The number of rotatable bonds is 10. The number of aromatic nitrogens is 2. The van der Waals surface area contributed by atoms with E-state index in [4.69, 9.17) is 14.7 Å². The SMILES string of the molecule is COCCN1C[C@@H](NC(=O)Cc2c(C)c(C3=CCN(C(=O)CO)CC3)nn2-c2ccccc2)[C@H](c2ccc(F)c(F)c2)O1. The van der Waals surface area contributed by atoms with Crippen LogP contribution in [0.15, 0.2) is 54.6 Å². The van der Waals surface area contributed by atoms with Gasteiger partial charge in [-0.05, 0) is 54.3 Å². The molecule has 43 heavy (non-hydrogen) atoms. The van der Waals surface area contributed by atoms with Crippen LogP contribution in [0.3, 0.4) is 0 Å². The van der Waals surface area contributed by atoms with Crippen LogP contribution < -0.4 is 5.32 Å². The summed E-state index contributed by atoms with van der Waals surface area (Å²) in [5.74, 6) is -2.55. The minimum Gasteiger partial charge on any atom is -0.387 e. The predicted octanol–water partition coefficient (Wildman–Crippen LogP) is 2.73. The Hall–Kier alpha value is -3.97. The third-order valence-corrected chi connectivity index (χ3v) is 7.77. The van der Waals surface area contributed by atoms with Gasteiger partial charge < -0.3 is 20.1 Å². The third kappa shape index (κ3) is 6.83. The Kier molecular flexibility index (Phi) is 9.61. The molecule has 228 valence electrons. The van der Waals surface area contributed by atoms with Crippen molar-refractivity contribution >= 4 is 17.4 Å². The number of hydroxylamine groups is 2. The molecule has 2 N–H and O–H groups in total. The van der Waals surface area contributed by atoms with Gasteiger partial charge in [-0.2, -0.15) is 10.2 Å². The molecule has 1 aromatic heterocycles. The lowest BCUT2D eigenvalue weighted by atomic mass is 9.99. The molecule has 1 fully saturated rings. The number of hydrogen-bond donors (Lipinski definition) is 2. The summed E-state index contributed by atoms with van der Waals surface area (Å²) in [4.78, 5) is 33.1. The molecule has 2 aliphatic heterocycles. The highest BCUT2D eigenvalue weighted by atomic mass is 19.2. The lowest BCUT2D eigenvalue weighted by molar-refractivity contribution is -0.154. The van der Waals surface area contributed by atoms with Crippen LogP contribution in [0.25, 0.3) is 11.3 Å². The number of carbonyl (C=O) groups is 2. The Morgan fingerprint density at radius 3 is 2.63 bits per heavy atom. The minimum absolute atomic E-state index is 0.00913. The van der Waals surface area contributed by atoms with Crippen molar-refractivity contribution in [1.82, 2.24) is 25.1 Å². The number of carbonyl (C=O) groups excluding carboxylic acids is 2. The molecule has 3 aromatic rings. The second-order valence-electron chi connectivity index (χ2n) is 10.6. The van der Waals surface area contributed by atoms with Gasteiger partial charge in [-0.25, -0.2) is 13.5 Å². The van der Waals surface area contributed by atoms with Gasteiger partial charge in [-0.15, -0.1) is 0 Å². The van der Waals surface area contributed by atoms with Gasteiger partial charge in [-0.3, -0.25) is 14.4 Å². The highest BCUT2D eigenvalue weighted by molar-refractivity contribution is 5.81. The van der Waals surface area contributed by atoms with Crippen molar-refractivity contribution in [3.8, 4) is 5.69 Å². The first-order chi connectivity index (χ1) is 20.8. The normalized spacial score (nSPS) is 19.0. The van der Waals surface area contributed by atoms with E-state index in [2.05, 4.69) is 5.32 Å². The number of aliphatic hydroxyl groups excluding tert-OH is 1. The van der Waals surface area contributed by atoms with E-state index < -0.39 is 30.4 Å². The molecule has 0 saturated carbocycles. The zero-order valence-corrected chi connectivity index (χ0v) is 24.1. The largest absolute Gasteiger partial charge is 0.387 e. The highest BCUT2D eigenvalue weighted by Gasteiger charge is 2.37. The molecule has 0 unspecified atom stereocenters. The van der Waals surface area contributed by atoms with E-state index >= 15 is 0 Å². The predicted molar refractivity (Wildman–Crippen MR) is 154 cm³/mol. The Morgan fingerprint density at radius 1 is 1.16 bits per heavy atom. The van der Waals surface area contributed by atoms with E-state index in [-0.39, 0.29) is 18.2 Å². The number of para-hydroxylation sites is 1. The molecule has 0 aliphatic carbocycles. The lowest BCUT2D eigenvalue weighted by Crippen LogP contribution is -2.41. The molecule has 0 radical (unpaired) electrons. The number of amides is 2. The molecule has 2 aliphatic rings. The van der Waals surface area contributed by atoms with E-state index in [1.165, 1.54) is 6.07 Å². The summed E-state index contributed by atoms with van der Waals surface area (Å²) in [6.07, 6.45) is 1.79. The number of halogens is 2. The molecule has 2 aromatic carbocycles. The second-order valence-corrected chi connectivity index (χ2v) is 10.6. The van der Waals surface area contributed by atoms with Gasteiger partial charge in [0.1, 0.15) is 12.7 Å². The van der Waals surface area contributed by atoms with Crippen LogP contribution in [0, 0.1) is 18.6 Å². The van der Waals surface area contributed by atoms with Gasteiger partial charge in [0.2, 0.25) is 11.8 Å². The van der Waals surface area contributed by atoms with Gasteiger partial charge in [0, 0.05) is 33.3 Å². The van der Waals surface area contributed by atoms with Crippen LogP contribution in [0.2, 0.25) is 0 Å². The first-order valence-electron chi connectivity index (χ1n) is 14.2. The first-order valence-corrected chi connectivity index (χ1v) is 14.2. The molecule has 2 atom stereocenters. The van der Waals surface area contributed by atoms with Crippen molar-refractivity contribution in [2.24, 2.45) is 0 Å². The summed E-state index contributed by atoms with van der Waals surface area (Å²) in [6, 6.07) is 12.6. The number of hydrogen-bond acceptors (Lipinski definition) is 7. The van der Waals surface area contributed by atoms with Gasteiger partial charge in [0.25, 0.3) is 0 Å². The fourth-order valence-corrected chi connectivity index (χ4v) is 5.48. The Labute approximate surface area is 248 Å². The van der Waals surface area contributed by atoms with Crippen molar-refractivity contribution in [2.75, 3.05) is 46.5 Å². The molecule has 12 heteroatoms. The van der Waals surface area contributed by atoms with Crippen LogP contribution in [0.1, 0.15) is 35.0 Å². The summed E-state index contributed by atoms with van der Waals surface area (Å²) in [7, 11) is 1.57. The van der Waals surface area contributed by atoms with Crippen molar-refractivity contribution in [3.05, 3.63) is 88.8 Å². The van der Waals surface area contributed by atoms with Gasteiger partial charge >= 0.3 is 0 Å². The first kappa shape index (κ1) is 30.5. The molecule has 3 heterocycles. The number of nitrogens with zero attached hydrogens (tertiary/aromatic N) is 4. The quantitative estimate of drug-likeness (QED) is 0.371. The molecule has 1 saturated heterocycles. The Bertz CT molecular complexity index is 1500. The van der Waals surface area contributed by atoms with Crippen LogP contribution in [-0.4, -0.2) is 89.2 Å². The summed E-state index contributed by atoms with van der Waals surface area (Å²) in [5.41, 5.74) is 4.46. The zero-order chi connectivity index (χ0) is 30.5. The topological polar surface area (TPSA) is 109 Å². The van der Waals surface area contributed by atoms with Crippen LogP contribution >= 0.6 is 0 Å². The van der Waals surface area contributed by atoms with Crippen molar-refractivity contribution in [1.29, 1.82) is 0 Å². The van der Waals surface area contributed by atoms with Gasteiger partial charge in [0.15, 0.2) is 11.6 Å². The van der Waals surface area contributed by atoms with E-state index in [0.717, 1.165) is 34.7 Å². The summed E-state index contributed by atoms with van der Waals surface area (Å²) in [6.45, 7) is 3.38. The van der Waals surface area contributed by atoms with E-state index in [9.17, 15) is 23.5 Å². The summed E-state index contributed by atoms with van der Waals surface area (Å²) >= 11 is 0. The molecular weight excluding hydrogens is 560 g/mol. The molecular formula is C31H35F2N5O5. The number of methoxy groups -OCH3 is 1. The van der Waals surface area contributed by atoms with Crippen molar-refractivity contribution in [3.63, 3.8) is 0 Å². The monoisotopic (exact) mass is 595 g/mol. The third-order valence-electron chi connectivity index (χ3n) is 7.77. The Morgan fingerprint density at radius 2 is 1.95 bits per heavy atom. The minimum atomic E-state index is -0.989. The number of benzene rings is 2. The van der Waals surface area contributed by atoms with Crippen LogP contribution in [0.5, 0.6) is 0 Å². The summed E-state index contributed by atoms with van der Waals surface area (Å²) in [5, 5.41) is 18.8. The maximum absolute atomic E-state index is 14.1. The van der Waals surface area contributed by atoms with Crippen molar-refractivity contribution < 1.29 is 33.1 Å². The standard InChI is InChI=1S/C31H35F2N5O5/c1-20-27(38(23-6-4-3-5-7-23)35-30(20)21-10-12-36(13-11-21)29(41)19-39)17-28(40)34-26-18-37(14-15-42-2)43-31(26)22-8-9-24(32)25(33)16-22/h3-10,16,26,31,39H,11-15,17-19H2,1-2H3,(H,34,40)/t26-,31+/m1/s1. The van der Waals surface area contributed by atoms with E-state index in [0.29, 0.717) is 50.5 Å². The zero-order valence-electron chi connectivity index (χ0n) is 24.1. The fourth-order valence-electron chi connectivity index (χ4n) is 5.48. The van der Waals surface area contributed by atoms with Crippen LogP contribution in [0.4, 0.5) is 8.78 Å². The molecule has 0 bridgehead atoms. The van der Waals surface area contributed by atoms with E-state index in [1.807, 2.05) is 43.3 Å². The molecule has 0 spiro atoms. The smallest absolute Gasteiger partial charge is 0.248 e. The number of ether oxygens (including phenoxy) is 1. The molecule has 10 nitrogen and oxygen atoms in total. The maximum atomic E-state index is 14.1. The van der Waals surface area contributed by atoms with Crippen LogP contribution in [-0.2, 0) is 25.6 Å². The maximum Gasteiger partial charge on any atom is 0.248 e. The molecule has 5 rings (SSSR count).